The highest BCUT2D eigenvalue weighted by Crippen LogP contribution is 2.16. The van der Waals surface area contributed by atoms with Gasteiger partial charge in [0.2, 0.25) is 0 Å². The van der Waals surface area contributed by atoms with E-state index in [1.54, 1.807) is 0 Å². The molecule has 0 radical (unpaired) electrons. The van der Waals surface area contributed by atoms with Crippen molar-refractivity contribution in [3.63, 3.8) is 0 Å². The SMILES string of the molecule is CN1CCN(CC2CCCN2C)CC1. The summed E-state index contributed by atoms with van der Waals surface area (Å²) in [5.41, 5.74) is 0. The molecule has 14 heavy (non-hydrogen) atoms. The molecule has 2 fully saturated rings. The lowest BCUT2D eigenvalue weighted by Gasteiger charge is -2.35. The van der Waals surface area contributed by atoms with Crippen molar-refractivity contribution in [3.05, 3.63) is 0 Å². The van der Waals surface area contributed by atoms with E-state index in [2.05, 4.69) is 28.8 Å². The van der Waals surface area contributed by atoms with Crippen LogP contribution in [0.2, 0.25) is 0 Å². The number of hydrogen-bond acceptors (Lipinski definition) is 3. The molecule has 0 aliphatic carbocycles. The fourth-order valence-corrected chi connectivity index (χ4v) is 2.54. The Morgan fingerprint density at radius 3 is 2.29 bits per heavy atom. The van der Waals surface area contributed by atoms with Crippen molar-refractivity contribution in [3.8, 4) is 0 Å². The topological polar surface area (TPSA) is 9.72 Å². The van der Waals surface area contributed by atoms with Crippen molar-refractivity contribution < 1.29 is 0 Å². The van der Waals surface area contributed by atoms with Gasteiger partial charge in [0.05, 0.1) is 0 Å². The molecule has 2 aliphatic heterocycles. The van der Waals surface area contributed by atoms with E-state index in [9.17, 15) is 0 Å². The van der Waals surface area contributed by atoms with E-state index in [0.717, 1.165) is 6.04 Å². The Labute approximate surface area is 87.7 Å². The Bertz CT molecular complexity index is 175. The van der Waals surface area contributed by atoms with Gasteiger partial charge in [0, 0.05) is 38.8 Å². The normalized spacial score (nSPS) is 32.6. The quantitative estimate of drug-likeness (QED) is 0.631. The maximum Gasteiger partial charge on any atom is 0.0220 e. The minimum Gasteiger partial charge on any atom is -0.304 e. The van der Waals surface area contributed by atoms with Gasteiger partial charge in [-0.05, 0) is 33.5 Å². The summed E-state index contributed by atoms with van der Waals surface area (Å²) in [6.07, 6.45) is 2.80. The van der Waals surface area contributed by atoms with Crippen molar-refractivity contribution in [1.82, 2.24) is 14.7 Å². The van der Waals surface area contributed by atoms with Crippen molar-refractivity contribution >= 4 is 0 Å². The van der Waals surface area contributed by atoms with Crippen LogP contribution in [0.1, 0.15) is 12.8 Å². The van der Waals surface area contributed by atoms with Gasteiger partial charge in [-0.25, -0.2) is 0 Å². The average molecular weight is 197 g/mol. The van der Waals surface area contributed by atoms with Crippen LogP contribution < -0.4 is 0 Å². The fraction of sp³-hybridized carbons (Fsp3) is 1.00. The number of likely N-dealkylation sites (N-methyl/N-ethyl adjacent to an activating group) is 2. The molecule has 3 nitrogen and oxygen atoms in total. The molecule has 0 bridgehead atoms. The highest BCUT2D eigenvalue weighted by molar-refractivity contribution is 4.81. The van der Waals surface area contributed by atoms with Crippen LogP contribution >= 0.6 is 0 Å². The molecule has 2 aliphatic rings. The summed E-state index contributed by atoms with van der Waals surface area (Å²) in [4.78, 5) is 7.58. The third-order valence-electron chi connectivity index (χ3n) is 3.74. The van der Waals surface area contributed by atoms with E-state index in [1.165, 1.54) is 52.1 Å². The highest BCUT2D eigenvalue weighted by Gasteiger charge is 2.24. The second-order valence-corrected chi connectivity index (χ2v) is 4.88. The standard InChI is InChI=1S/C11H23N3/c1-12-6-8-14(9-7-12)10-11-4-3-5-13(11)2/h11H,3-10H2,1-2H3. The lowest BCUT2D eigenvalue weighted by atomic mass is 10.2. The van der Waals surface area contributed by atoms with E-state index >= 15 is 0 Å². The molecule has 3 heteroatoms. The Balaban J connectivity index is 1.74. The zero-order valence-corrected chi connectivity index (χ0v) is 9.58. The largest absolute Gasteiger partial charge is 0.304 e. The molecule has 2 heterocycles. The van der Waals surface area contributed by atoms with Gasteiger partial charge in [0.25, 0.3) is 0 Å². The first kappa shape index (κ1) is 10.4. The molecule has 0 aromatic rings. The third kappa shape index (κ3) is 2.47. The van der Waals surface area contributed by atoms with Crippen LogP contribution in [-0.4, -0.2) is 74.1 Å². The Kier molecular flexibility index (Phi) is 3.42. The molecule has 2 saturated heterocycles. The van der Waals surface area contributed by atoms with Crippen LogP contribution in [0, 0.1) is 0 Å². The molecular weight excluding hydrogens is 174 g/mol. The summed E-state index contributed by atoms with van der Waals surface area (Å²) in [5, 5.41) is 0. The highest BCUT2D eigenvalue weighted by atomic mass is 15.3. The number of piperazine rings is 1. The summed E-state index contributed by atoms with van der Waals surface area (Å²) < 4.78 is 0. The van der Waals surface area contributed by atoms with Gasteiger partial charge in [-0.15, -0.1) is 0 Å². The molecule has 0 aromatic carbocycles. The van der Waals surface area contributed by atoms with Crippen molar-refractivity contribution in [2.24, 2.45) is 0 Å². The first-order chi connectivity index (χ1) is 6.75. The van der Waals surface area contributed by atoms with E-state index in [-0.39, 0.29) is 0 Å². The van der Waals surface area contributed by atoms with Crippen molar-refractivity contribution in [2.75, 3.05) is 53.4 Å². The summed E-state index contributed by atoms with van der Waals surface area (Å²) in [6.45, 7) is 7.62. The zero-order valence-electron chi connectivity index (χ0n) is 9.58. The molecule has 0 aromatic heterocycles. The summed E-state index contributed by atoms with van der Waals surface area (Å²) in [7, 11) is 4.49. The molecule has 1 unspecified atom stereocenters. The summed E-state index contributed by atoms with van der Waals surface area (Å²) in [5.74, 6) is 0. The van der Waals surface area contributed by atoms with Crippen molar-refractivity contribution in [1.29, 1.82) is 0 Å². The van der Waals surface area contributed by atoms with E-state index in [1.807, 2.05) is 0 Å². The number of likely N-dealkylation sites (tertiary alicyclic amines) is 1. The van der Waals surface area contributed by atoms with Gasteiger partial charge in [0.15, 0.2) is 0 Å². The van der Waals surface area contributed by atoms with Crippen LogP contribution in [0.4, 0.5) is 0 Å². The van der Waals surface area contributed by atoms with Crippen LogP contribution in [0.25, 0.3) is 0 Å². The Morgan fingerprint density at radius 1 is 1.00 bits per heavy atom. The molecule has 0 N–H and O–H groups in total. The minimum atomic E-state index is 0.832. The van der Waals surface area contributed by atoms with Gasteiger partial charge in [0.1, 0.15) is 0 Å². The molecule has 82 valence electrons. The lowest BCUT2D eigenvalue weighted by Crippen LogP contribution is -2.48. The lowest BCUT2D eigenvalue weighted by molar-refractivity contribution is 0.124. The molecule has 0 amide bonds. The molecule has 1 atom stereocenters. The molecule has 2 rings (SSSR count). The van der Waals surface area contributed by atoms with Crippen LogP contribution in [0.3, 0.4) is 0 Å². The summed E-state index contributed by atoms with van der Waals surface area (Å²) in [6, 6.07) is 0.832. The number of nitrogens with zero attached hydrogens (tertiary/aromatic N) is 3. The van der Waals surface area contributed by atoms with E-state index < -0.39 is 0 Å². The monoisotopic (exact) mass is 197 g/mol. The van der Waals surface area contributed by atoms with Gasteiger partial charge in [-0.1, -0.05) is 0 Å². The van der Waals surface area contributed by atoms with E-state index in [0.29, 0.717) is 0 Å². The smallest absolute Gasteiger partial charge is 0.0220 e. The first-order valence-electron chi connectivity index (χ1n) is 5.87. The second-order valence-electron chi connectivity index (χ2n) is 4.88. The van der Waals surface area contributed by atoms with Crippen LogP contribution in [0.5, 0.6) is 0 Å². The minimum absolute atomic E-state index is 0.832. The molecule has 0 saturated carbocycles. The van der Waals surface area contributed by atoms with Gasteiger partial charge in [-0.3, -0.25) is 4.90 Å². The third-order valence-corrected chi connectivity index (χ3v) is 3.74. The van der Waals surface area contributed by atoms with Gasteiger partial charge in [-0.2, -0.15) is 0 Å². The van der Waals surface area contributed by atoms with Crippen LogP contribution in [0.15, 0.2) is 0 Å². The maximum atomic E-state index is 2.63. The molecular formula is C11H23N3. The Morgan fingerprint density at radius 2 is 1.71 bits per heavy atom. The van der Waals surface area contributed by atoms with Crippen LogP contribution in [-0.2, 0) is 0 Å². The molecule has 0 spiro atoms. The zero-order chi connectivity index (χ0) is 9.97. The summed E-state index contributed by atoms with van der Waals surface area (Å²) >= 11 is 0. The average Bonchev–Trinajstić information content (AvgIpc) is 2.56. The predicted octanol–water partition coefficient (Wildman–Crippen LogP) is 0.328. The van der Waals surface area contributed by atoms with Gasteiger partial charge >= 0.3 is 0 Å². The second kappa shape index (κ2) is 4.60. The predicted molar refractivity (Wildman–Crippen MR) is 59.6 cm³/mol. The van der Waals surface area contributed by atoms with Crippen molar-refractivity contribution in [2.45, 2.75) is 18.9 Å². The fourth-order valence-electron chi connectivity index (χ4n) is 2.54. The first-order valence-corrected chi connectivity index (χ1v) is 5.87. The number of hydrogen-bond donors (Lipinski definition) is 0. The number of rotatable bonds is 2. The maximum absolute atomic E-state index is 2.63. The van der Waals surface area contributed by atoms with E-state index in [4.69, 9.17) is 0 Å². The van der Waals surface area contributed by atoms with Gasteiger partial charge < -0.3 is 9.80 Å². The Hall–Kier alpha value is -0.120.